The second-order valence-electron chi connectivity index (χ2n) is 5.72. The first-order valence-corrected chi connectivity index (χ1v) is 7.08. The van der Waals surface area contributed by atoms with Gasteiger partial charge < -0.3 is 10.4 Å². The van der Waals surface area contributed by atoms with E-state index in [2.05, 4.69) is 26.3 Å². The van der Waals surface area contributed by atoms with E-state index in [9.17, 15) is 23.1 Å². The highest BCUT2D eigenvalue weighted by molar-refractivity contribution is 9.10. The van der Waals surface area contributed by atoms with Crippen molar-refractivity contribution in [1.82, 2.24) is 9.78 Å². The van der Waals surface area contributed by atoms with Crippen molar-refractivity contribution in [2.75, 3.05) is 5.32 Å². The Morgan fingerprint density at radius 1 is 1.57 bits per heavy atom. The molecule has 1 aromatic rings. The highest BCUT2D eigenvalue weighted by Gasteiger charge is 2.47. The minimum Gasteiger partial charge on any atom is -0.392 e. The maximum atomic E-state index is 12.3. The molecule has 1 aliphatic carbocycles. The number of hydrogen-bond donors (Lipinski definition) is 2. The molecule has 0 aliphatic heterocycles. The van der Waals surface area contributed by atoms with E-state index in [4.69, 9.17) is 0 Å². The van der Waals surface area contributed by atoms with Crippen molar-refractivity contribution in [1.29, 1.82) is 0 Å². The Bertz CT molecular complexity index is 600. The van der Waals surface area contributed by atoms with Crippen LogP contribution >= 0.6 is 15.9 Å². The van der Waals surface area contributed by atoms with Crippen LogP contribution in [0.2, 0.25) is 0 Å². The van der Waals surface area contributed by atoms with Gasteiger partial charge in [0.1, 0.15) is 11.0 Å². The molecule has 21 heavy (non-hydrogen) atoms. The normalized spacial score (nSPS) is 24.5. The number of nitrogens with zero attached hydrogens (tertiary/aromatic N) is 2. The molecule has 9 heteroatoms. The fraction of sp³-hybridized carbons (Fsp3) is 0.667. The molecular formula is C12H15BrF3N3O2. The Labute approximate surface area is 127 Å². The molecule has 5 nitrogen and oxygen atoms in total. The van der Waals surface area contributed by atoms with Crippen LogP contribution in [0.5, 0.6) is 0 Å². The molecule has 2 unspecified atom stereocenters. The summed E-state index contributed by atoms with van der Waals surface area (Å²) in [4.78, 5) is 11.8. The van der Waals surface area contributed by atoms with Gasteiger partial charge in [0.2, 0.25) is 0 Å². The van der Waals surface area contributed by atoms with Crippen LogP contribution in [0.4, 0.5) is 18.9 Å². The highest BCUT2D eigenvalue weighted by atomic mass is 79.9. The van der Waals surface area contributed by atoms with Crippen molar-refractivity contribution in [3.63, 3.8) is 0 Å². The van der Waals surface area contributed by atoms with Crippen molar-refractivity contribution in [2.45, 2.75) is 45.1 Å². The number of aliphatic hydroxyl groups excluding tert-OH is 1. The Hall–Kier alpha value is -1.09. The number of aliphatic hydroxyl groups is 1. The van der Waals surface area contributed by atoms with E-state index in [1.54, 1.807) is 0 Å². The molecule has 2 rings (SSSR count). The summed E-state index contributed by atoms with van der Waals surface area (Å²) in [6.45, 7) is 2.30. The molecule has 2 N–H and O–H groups in total. The minimum atomic E-state index is -4.51. The van der Waals surface area contributed by atoms with E-state index in [1.807, 2.05) is 13.8 Å². The number of rotatable bonds is 3. The summed E-state index contributed by atoms with van der Waals surface area (Å²) in [5.41, 5.74) is -0.904. The van der Waals surface area contributed by atoms with Gasteiger partial charge in [-0.15, -0.1) is 0 Å². The van der Waals surface area contributed by atoms with Crippen LogP contribution in [0.25, 0.3) is 0 Å². The van der Waals surface area contributed by atoms with E-state index in [1.165, 1.54) is 6.20 Å². The molecule has 1 aliphatic rings. The fourth-order valence-corrected chi connectivity index (χ4v) is 2.60. The zero-order valence-corrected chi connectivity index (χ0v) is 13.0. The minimum absolute atomic E-state index is 0.000982. The summed E-state index contributed by atoms with van der Waals surface area (Å²) in [6, 6.07) is -0.0801. The maximum Gasteiger partial charge on any atom is 0.408 e. The summed E-state index contributed by atoms with van der Waals surface area (Å²) < 4.78 is 37.3. The van der Waals surface area contributed by atoms with Crippen LogP contribution in [0.3, 0.4) is 0 Å². The fourth-order valence-electron chi connectivity index (χ4n) is 2.18. The van der Waals surface area contributed by atoms with Crippen LogP contribution in [-0.4, -0.2) is 33.2 Å². The molecule has 0 radical (unpaired) electrons. The van der Waals surface area contributed by atoms with Gasteiger partial charge >= 0.3 is 6.18 Å². The quantitative estimate of drug-likeness (QED) is 0.856. The SMILES string of the molecule is CC1(C)C(O)CC1Nc1cnn(CC(F)(F)F)c(=O)c1Br. The number of aromatic nitrogens is 2. The van der Waals surface area contributed by atoms with Gasteiger partial charge in [-0.25, -0.2) is 4.68 Å². The van der Waals surface area contributed by atoms with Crippen LogP contribution in [0.15, 0.2) is 15.5 Å². The van der Waals surface area contributed by atoms with Crippen molar-refractivity contribution in [3.05, 3.63) is 21.0 Å². The third-order valence-electron chi connectivity index (χ3n) is 3.86. The standard InChI is InChI=1S/C12H15BrF3N3O2/c1-11(2)7(3-8(11)20)18-6-4-17-19(5-12(14,15)16)10(21)9(6)13/h4,7-8,18,20H,3,5H2,1-2H3. The average molecular weight is 370 g/mol. The molecule has 0 saturated heterocycles. The van der Waals surface area contributed by atoms with Gasteiger partial charge in [-0.1, -0.05) is 13.8 Å². The van der Waals surface area contributed by atoms with Gasteiger partial charge in [0, 0.05) is 11.5 Å². The van der Waals surface area contributed by atoms with Gasteiger partial charge in [-0.3, -0.25) is 4.79 Å². The summed E-state index contributed by atoms with van der Waals surface area (Å²) in [6.07, 6.45) is -3.28. The second kappa shape index (κ2) is 5.28. The Morgan fingerprint density at radius 2 is 2.19 bits per heavy atom. The lowest BCUT2D eigenvalue weighted by atomic mass is 9.64. The smallest absolute Gasteiger partial charge is 0.392 e. The Balaban J connectivity index is 2.20. The van der Waals surface area contributed by atoms with E-state index in [0.717, 1.165) is 0 Å². The van der Waals surface area contributed by atoms with Gasteiger partial charge in [0.15, 0.2) is 0 Å². The van der Waals surface area contributed by atoms with Crippen molar-refractivity contribution in [3.8, 4) is 0 Å². The number of hydrogen-bond acceptors (Lipinski definition) is 4. The first-order valence-electron chi connectivity index (χ1n) is 6.29. The Kier molecular flexibility index (Phi) is 4.09. The van der Waals surface area contributed by atoms with Crippen LogP contribution in [0.1, 0.15) is 20.3 Å². The molecule has 0 spiro atoms. The summed E-state index contributed by atoms with van der Waals surface area (Å²) in [7, 11) is 0. The second-order valence-corrected chi connectivity index (χ2v) is 6.51. The van der Waals surface area contributed by atoms with E-state index >= 15 is 0 Å². The molecule has 1 saturated carbocycles. The zero-order chi connectivity index (χ0) is 16.0. The Morgan fingerprint density at radius 3 is 2.67 bits per heavy atom. The van der Waals surface area contributed by atoms with Gasteiger partial charge in [0.05, 0.1) is 18.0 Å². The molecular weight excluding hydrogens is 355 g/mol. The van der Waals surface area contributed by atoms with Crippen molar-refractivity contribution >= 4 is 21.6 Å². The monoisotopic (exact) mass is 369 g/mol. The summed E-state index contributed by atoms with van der Waals surface area (Å²) in [5, 5.41) is 16.2. The maximum absolute atomic E-state index is 12.3. The van der Waals surface area contributed by atoms with E-state index in [0.29, 0.717) is 16.8 Å². The number of halogens is 4. The lowest BCUT2D eigenvalue weighted by Crippen LogP contribution is -2.57. The van der Waals surface area contributed by atoms with Crippen molar-refractivity contribution in [2.24, 2.45) is 5.41 Å². The predicted octanol–water partition coefficient (Wildman–Crippen LogP) is 2.14. The average Bonchev–Trinajstić information content (AvgIpc) is 2.36. The number of nitrogens with one attached hydrogen (secondary N) is 1. The van der Waals surface area contributed by atoms with Crippen LogP contribution in [-0.2, 0) is 6.54 Å². The van der Waals surface area contributed by atoms with Gasteiger partial charge in [0.25, 0.3) is 5.56 Å². The van der Waals surface area contributed by atoms with Gasteiger partial charge in [-0.2, -0.15) is 18.3 Å². The first-order chi connectivity index (χ1) is 9.52. The zero-order valence-electron chi connectivity index (χ0n) is 11.4. The first kappa shape index (κ1) is 16.3. The largest absolute Gasteiger partial charge is 0.408 e. The summed E-state index contributed by atoms with van der Waals surface area (Å²) >= 11 is 3.01. The molecule has 1 aromatic heterocycles. The van der Waals surface area contributed by atoms with Crippen molar-refractivity contribution < 1.29 is 18.3 Å². The molecule has 1 fully saturated rings. The molecule has 0 aromatic carbocycles. The number of anilines is 1. The topological polar surface area (TPSA) is 67.2 Å². The molecule has 2 atom stereocenters. The third-order valence-corrected chi connectivity index (χ3v) is 4.63. The predicted molar refractivity (Wildman–Crippen MR) is 74.1 cm³/mol. The van der Waals surface area contributed by atoms with Crippen LogP contribution in [0, 0.1) is 5.41 Å². The van der Waals surface area contributed by atoms with Crippen LogP contribution < -0.4 is 10.9 Å². The third kappa shape index (κ3) is 3.23. The van der Waals surface area contributed by atoms with E-state index in [-0.39, 0.29) is 15.9 Å². The lowest BCUT2D eigenvalue weighted by Gasteiger charge is -2.49. The molecule has 0 bridgehead atoms. The molecule has 0 amide bonds. The molecule has 1 heterocycles. The van der Waals surface area contributed by atoms with Gasteiger partial charge in [-0.05, 0) is 22.4 Å². The highest BCUT2D eigenvalue weighted by Crippen LogP contribution is 2.42. The van der Waals surface area contributed by atoms with E-state index < -0.39 is 24.4 Å². The molecule has 118 valence electrons. The lowest BCUT2D eigenvalue weighted by molar-refractivity contribution is -0.143. The number of alkyl halides is 3. The summed E-state index contributed by atoms with van der Waals surface area (Å²) in [5.74, 6) is 0.